The molecule has 0 aliphatic heterocycles. The molecule has 0 aliphatic carbocycles. The van der Waals surface area contributed by atoms with E-state index in [0.717, 1.165) is 5.75 Å². The molecule has 0 atom stereocenters. The number of aromatic nitrogens is 3. The Kier molecular flexibility index (Phi) is 6.48. The molecule has 2 aromatic heterocycles. The maximum Gasteiger partial charge on any atom is 0.230 e. The van der Waals surface area contributed by atoms with Crippen molar-refractivity contribution in [2.75, 3.05) is 24.7 Å². The number of rotatable bonds is 8. The summed E-state index contributed by atoms with van der Waals surface area (Å²) in [6.07, 6.45) is 1.53. The molecule has 2 heterocycles. The van der Waals surface area contributed by atoms with Crippen molar-refractivity contribution in [2.24, 2.45) is 0 Å². The van der Waals surface area contributed by atoms with Gasteiger partial charge < -0.3 is 20.3 Å². The first-order chi connectivity index (χ1) is 13.8. The van der Waals surface area contributed by atoms with E-state index in [2.05, 4.69) is 48.4 Å². The third-order valence-corrected chi connectivity index (χ3v) is 5.09. The zero-order chi connectivity index (χ0) is 20.9. The van der Waals surface area contributed by atoms with Gasteiger partial charge in [0, 0.05) is 0 Å². The van der Waals surface area contributed by atoms with Crippen LogP contribution in [0, 0.1) is 0 Å². The number of hydrogen-bond acceptors (Lipinski definition) is 7. The summed E-state index contributed by atoms with van der Waals surface area (Å²) >= 11 is 1.20. The molecule has 154 valence electrons. The molecule has 3 N–H and O–H groups in total. The molecule has 0 aliphatic rings. The minimum Gasteiger partial charge on any atom is -0.492 e. The van der Waals surface area contributed by atoms with Gasteiger partial charge in [-0.1, -0.05) is 44.7 Å². The number of amides is 1. The van der Waals surface area contributed by atoms with Gasteiger partial charge in [0.2, 0.25) is 16.9 Å². The molecule has 0 unspecified atom stereocenters. The highest BCUT2D eigenvalue weighted by molar-refractivity contribution is 7.99. The van der Waals surface area contributed by atoms with Crippen LogP contribution in [0.15, 0.2) is 52.2 Å². The Morgan fingerprint density at radius 2 is 2.00 bits per heavy atom. The van der Waals surface area contributed by atoms with E-state index in [0.29, 0.717) is 29.9 Å². The minimum absolute atomic E-state index is 0.108. The van der Waals surface area contributed by atoms with Crippen LogP contribution in [0.2, 0.25) is 0 Å². The average molecular weight is 416 g/mol. The van der Waals surface area contributed by atoms with Crippen LogP contribution in [0.3, 0.4) is 0 Å². The van der Waals surface area contributed by atoms with E-state index in [1.165, 1.54) is 28.3 Å². The lowest BCUT2D eigenvalue weighted by Gasteiger charge is -2.19. The highest BCUT2D eigenvalue weighted by atomic mass is 32.2. The van der Waals surface area contributed by atoms with E-state index in [1.807, 2.05) is 12.1 Å². The van der Waals surface area contributed by atoms with Gasteiger partial charge in [-0.15, -0.1) is 10.2 Å². The molecule has 29 heavy (non-hydrogen) atoms. The number of furan rings is 1. The zero-order valence-electron chi connectivity index (χ0n) is 16.7. The Labute approximate surface area is 173 Å². The summed E-state index contributed by atoms with van der Waals surface area (Å²) in [5.41, 5.74) is 1.36. The lowest BCUT2D eigenvalue weighted by atomic mass is 9.87. The Hall–Kier alpha value is -2.94. The molecule has 0 saturated heterocycles. The van der Waals surface area contributed by atoms with Crippen LogP contribution >= 0.6 is 11.8 Å². The molecule has 9 heteroatoms. The summed E-state index contributed by atoms with van der Waals surface area (Å²) in [6, 6.07) is 11.5. The van der Waals surface area contributed by atoms with Crippen molar-refractivity contribution in [3.63, 3.8) is 0 Å². The number of carbonyl (C=O) groups excluding carboxylic acids is 1. The third-order valence-electron chi connectivity index (χ3n) is 4.15. The molecule has 0 fully saturated rings. The van der Waals surface area contributed by atoms with Gasteiger partial charge in [-0.2, -0.15) is 0 Å². The van der Waals surface area contributed by atoms with Gasteiger partial charge in [0.05, 0.1) is 18.6 Å². The number of nitrogens with one attached hydrogen (secondary N) is 1. The van der Waals surface area contributed by atoms with Gasteiger partial charge in [0.15, 0.2) is 5.76 Å². The second-order valence-corrected chi connectivity index (χ2v) is 8.36. The fourth-order valence-electron chi connectivity index (χ4n) is 2.54. The van der Waals surface area contributed by atoms with Crippen LogP contribution in [0.25, 0.3) is 11.6 Å². The Morgan fingerprint density at radius 1 is 1.24 bits per heavy atom. The van der Waals surface area contributed by atoms with Crippen molar-refractivity contribution in [3.8, 4) is 17.3 Å². The first-order valence-electron chi connectivity index (χ1n) is 9.22. The highest BCUT2D eigenvalue weighted by Gasteiger charge is 2.15. The van der Waals surface area contributed by atoms with Gasteiger partial charge in [0.25, 0.3) is 0 Å². The maximum absolute atomic E-state index is 12.0. The molecule has 0 saturated carbocycles. The largest absolute Gasteiger partial charge is 0.492 e. The van der Waals surface area contributed by atoms with Crippen LogP contribution in [0.5, 0.6) is 5.75 Å². The maximum atomic E-state index is 12.0. The molecule has 3 aromatic rings. The number of benzene rings is 1. The van der Waals surface area contributed by atoms with Gasteiger partial charge in [-0.3, -0.25) is 4.79 Å². The molecule has 0 spiro atoms. The molecule has 0 bridgehead atoms. The molecule has 1 amide bonds. The summed E-state index contributed by atoms with van der Waals surface area (Å²) in [6.45, 7) is 7.30. The second kappa shape index (κ2) is 9.04. The molecule has 0 radical (unpaired) electrons. The minimum atomic E-state index is -0.135. The second-order valence-electron chi connectivity index (χ2n) is 7.41. The molecular formula is C20H25N5O3S. The Bertz CT molecular complexity index is 930. The van der Waals surface area contributed by atoms with E-state index in [1.54, 1.807) is 12.1 Å². The summed E-state index contributed by atoms with van der Waals surface area (Å²) in [4.78, 5) is 12.0. The summed E-state index contributed by atoms with van der Waals surface area (Å²) < 4.78 is 12.2. The van der Waals surface area contributed by atoms with Gasteiger partial charge in [-0.25, -0.2) is 4.68 Å². The first-order valence-corrected chi connectivity index (χ1v) is 10.2. The predicted molar refractivity (Wildman–Crippen MR) is 112 cm³/mol. The predicted octanol–water partition coefficient (Wildman–Crippen LogP) is 2.84. The van der Waals surface area contributed by atoms with Crippen LogP contribution in [0.4, 0.5) is 0 Å². The quantitative estimate of drug-likeness (QED) is 0.331. The topological polar surface area (TPSA) is 108 Å². The number of nitrogen functional groups attached to an aromatic ring is 1. The van der Waals surface area contributed by atoms with Crippen molar-refractivity contribution < 1.29 is 13.9 Å². The smallest absolute Gasteiger partial charge is 0.230 e. The summed E-state index contributed by atoms with van der Waals surface area (Å²) in [5.74, 6) is 7.71. The van der Waals surface area contributed by atoms with Gasteiger partial charge >= 0.3 is 0 Å². The van der Waals surface area contributed by atoms with E-state index in [-0.39, 0.29) is 17.1 Å². The number of hydrogen-bond donors (Lipinski definition) is 2. The zero-order valence-corrected chi connectivity index (χ0v) is 17.5. The fraction of sp³-hybridized carbons (Fsp3) is 0.350. The summed E-state index contributed by atoms with van der Waals surface area (Å²) in [7, 11) is 0. The number of nitrogens with two attached hydrogens (primary N) is 1. The summed E-state index contributed by atoms with van der Waals surface area (Å²) in [5, 5.41) is 11.2. The van der Waals surface area contributed by atoms with E-state index < -0.39 is 0 Å². The number of ether oxygens (including phenoxy) is 1. The van der Waals surface area contributed by atoms with Crippen LogP contribution in [-0.4, -0.2) is 39.7 Å². The van der Waals surface area contributed by atoms with Crippen LogP contribution < -0.4 is 15.9 Å². The monoisotopic (exact) mass is 415 g/mol. The number of nitrogens with zero attached hydrogens (tertiary/aromatic N) is 3. The lowest BCUT2D eigenvalue weighted by Crippen LogP contribution is -2.29. The molecule has 3 rings (SSSR count). The van der Waals surface area contributed by atoms with Gasteiger partial charge in [-0.05, 0) is 35.2 Å². The third kappa shape index (κ3) is 5.54. The standard InChI is InChI=1S/C20H25N5O3S/c1-20(2,3)14-6-8-15(9-7-14)27-12-10-22-17(26)13-29-19-24-23-18(25(19)21)16-5-4-11-28-16/h4-9,11H,10,12-13,21H2,1-3H3,(H,22,26). The van der Waals surface area contributed by atoms with Crippen molar-refractivity contribution in [2.45, 2.75) is 31.3 Å². The number of thioether (sulfide) groups is 1. The Morgan fingerprint density at radius 3 is 2.66 bits per heavy atom. The average Bonchev–Trinajstić information content (AvgIpc) is 3.33. The Balaban J connectivity index is 1.39. The van der Waals surface area contributed by atoms with Crippen molar-refractivity contribution >= 4 is 17.7 Å². The molecule has 8 nitrogen and oxygen atoms in total. The normalized spacial score (nSPS) is 11.4. The number of carbonyl (C=O) groups is 1. The fourth-order valence-corrected chi connectivity index (χ4v) is 3.23. The van der Waals surface area contributed by atoms with E-state index in [9.17, 15) is 4.79 Å². The molecular weight excluding hydrogens is 390 g/mol. The van der Waals surface area contributed by atoms with Crippen molar-refractivity contribution in [1.29, 1.82) is 0 Å². The van der Waals surface area contributed by atoms with Crippen molar-refractivity contribution in [3.05, 3.63) is 48.2 Å². The lowest BCUT2D eigenvalue weighted by molar-refractivity contribution is -0.118. The van der Waals surface area contributed by atoms with E-state index in [4.69, 9.17) is 15.0 Å². The van der Waals surface area contributed by atoms with Crippen molar-refractivity contribution in [1.82, 2.24) is 20.2 Å². The highest BCUT2D eigenvalue weighted by Crippen LogP contribution is 2.24. The SMILES string of the molecule is CC(C)(C)c1ccc(OCCNC(=O)CSc2nnc(-c3ccco3)n2N)cc1. The van der Waals surface area contributed by atoms with Gasteiger partial charge in [0.1, 0.15) is 12.4 Å². The van der Waals surface area contributed by atoms with Crippen LogP contribution in [0.1, 0.15) is 26.3 Å². The first kappa shape index (κ1) is 20.8. The van der Waals surface area contributed by atoms with Crippen LogP contribution in [-0.2, 0) is 10.2 Å². The molecule has 1 aromatic carbocycles. The van der Waals surface area contributed by atoms with E-state index >= 15 is 0 Å².